The van der Waals surface area contributed by atoms with Gasteiger partial charge in [0.25, 0.3) is 0 Å². The second-order valence-electron chi connectivity index (χ2n) is 4.57. The third kappa shape index (κ3) is 9.16. The SMILES string of the molecule is CCCCCCCCCCC(C)S(=O)(=O)[O-]. The molecule has 0 saturated heterocycles. The third-order valence-electron chi connectivity index (χ3n) is 2.96. The summed E-state index contributed by atoms with van der Waals surface area (Å²) in [5.41, 5.74) is 0. The first-order valence-corrected chi connectivity index (χ1v) is 7.90. The van der Waals surface area contributed by atoms with Crippen molar-refractivity contribution in [3.05, 3.63) is 0 Å². The van der Waals surface area contributed by atoms with Crippen LogP contribution in [-0.2, 0) is 10.1 Å². The van der Waals surface area contributed by atoms with Crippen LogP contribution in [0.15, 0.2) is 0 Å². The van der Waals surface area contributed by atoms with E-state index in [-0.39, 0.29) is 0 Å². The van der Waals surface area contributed by atoms with Crippen molar-refractivity contribution in [1.82, 2.24) is 0 Å². The van der Waals surface area contributed by atoms with E-state index in [0.29, 0.717) is 6.42 Å². The highest BCUT2D eigenvalue weighted by Crippen LogP contribution is 2.12. The van der Waals surface area contributed by atoms with Gasteiger partial charge in [-0.2, -0.15) is 0 Å². The van der Waals surface area contributed by atoms with E-state index in [9.17, 15) is 13.0 Å². The summed E-state index contributed by atoms with van der Waals surface area (Å²) in [4.78, 5) is 0. The molecule has 4 heteroatoms. The molecule has 0 heterocycles. The van der Waals surface area contributed by atoms with E-state index in [1.54, 1.807) is 0 Å². The summed E-state index contributed by atoms with van der Waals surface area (Å²) in [6.07, 6.45) is 9.98. The highest BCUT2D eigenvalue weighted by atomic mass is 32.2. The van der Waals surface area contributed by atoms with Gasteiger partial charge in [-0.3, -0.25) is 0 Å². The molecule has 0 bridgehead atoms. The van der Waals surface area contributed by atoms with Gasteiger partial charge in [0, 0.05) is 5.25 Å². The summed E-state index contributed by atoms with van der Waals surface area (Å²) in [5.74, 6) is 0. The lowest BCUT2D eigenvalue weighted by Crippen LogP contribution is -2.16. The molecular weight excluding hydrogens is 224 g/mol. The molecule has 0 amide bonds. The Kier molecular flexibility index (Phi) is 8.94. The van der Waals surface area contributed by atoms with Crippen molar-refractivity contribution in [2.75, 3.05) is 0 Å². The summed E-state index contributed by atoms with van der Waals surface area (Å²) in [6.45, 7) is 3.70. The molecule has 0 aliphatic rings. The van der Waals surface area contributed by atoms with Crippen molar-refractivity contribution >= 4 is 10.1 Å². The van der Waals surface area contributed by atoms with Crippen LogP contribution in [0.25, 0.3) is 0 Å². The summed E-state index contributed by atoms with van der Waals surface area (Å²) >= 11 is 0. The molecule has 0 aromatic carbocycles. The Morgan fingerprint density at radius 2 is 1.38 bits per heavy atom. The van der Waals surface area contributed by atoms with Crippen LogP contribution in [0.3, 0.4) is 0 Å². The number of unbranched alkanes of at least 4 members (excludes halogenated alkanes) is 7. The van der Waals surface area contributed by atoms with Gasteiger partial charge in [0.1, 0.15) is 0 Å². The Labute approximate surface area is 100 Å². The van der Waals surface area contributed by atoms with Crippen LogP contribution in [0.5, 0.6) is 0 Å². The smallest absolute Gasteiger partial charge is 0.0972 e. The molecule has 0 aliphatic carbocycles. The van der Waals surface area contributed by atoms with Gasteiger partial charge in [-0.1, -0.05) is 58.3 Å². The summed E-state index contributed by atoms with van der Waals surface area (Å²) in [7, 11) is -4.06. The van der Waals surface area contributed by atoms with E-state index < -0.39 is 15.4 Å². The number of rotatable bonds is 10. The summed E-state index contributed by atoms with van der Waals surface area (Å²) < 4.78 is 31.8. The minimum Gasteiger partial charge on any atom is -0.748 e. The van der Waals surface area contributed by atoms with E-state index in [0.717, 1.165) is 19.3 Å². The van der Waals surface area contributed by atoms with Crippen LogP contribution in [-0.4, -0.2) is 18.2 Å². The second-order valence-corrected chi connectivity index (χ2v) is 6.36. The Bertz CT molecular complexity index is 247. The van der Waals surface area contributed by atoms with Crippen LogP contribution in [0, 0.1) is 0 Å². The highest BCUT2D eigenvalue weighted by molar-refractivity contribution is 7.86. The van der Waals surface area contributed by atoms with Gasteiger partial charge in [0.2, 0.25) is 0 Å². The molecule has 0 aromatic rings. The predicted octanol–water partition coefficient (Wildman–Crippen LogP) is 3.45. The maximum Gasteiger partial charge on any atom is 0.0972 e. The van der Waals surface area contributed by atoms with E-state index in [1.807, 2.05) is 0 Å². The van der Waals surface area contributed by atoms with Crippen molar-refractivity contribution in [1.29, 1.82) is 0 Å². The Morgan fingerprint density at radius 1 is 0.938 bits per heavy atom. The molecule has 0 spiro atoms. The molecule has 0 aromatic heterocycles. The molecule has 0 N–H and O–H groups in total. The normalized spacial score (nSPS) is 13.9. The third-order valence-corrected chi connectivity index (χ3v) is 4.18. The van der Waals surface area contributed by atoms with Crippen LogP contribution in [0.4, 0.5) is 0 Å². The lowest BCUT2D eigenvalue weighted by Gasteiger charge is -2.15. The molecule has 1 atom stereocenters. The van der Waals surface area contributed by atoms with Crippen molar-refractivity contribution in [2.45, 2.75) is 76.9 Å². The zero-order valence-corrected chi connectivity index (χ0v) is 11.4. The van der Waals surface area contributed by atoms with Gasteiger partial charge < -0.3 is 4.55 Å². The minimum atomic E-state index is -4.06. The topological polar surface area (TPSA) is 57.2 Å². The predicted molar refractivity (Wildman–Crippen MR) is 66.4 cm³/mol. The van der Waals surface area contributed by atoms with Gasteiger partial charge in [-0.25, -0.2) is 8.42 Å². The van der Waals surface area contributed by atoms with Gasteiger partial charge in [0.05, 0.1) is 10.1 Å². The average Bonchev–Trinajstić information content (AvgIpc) is 2.20. The molecule has 98 valence electrons. The summed E-state index contributed by atoms with van der Waals surface area (Å²) in [6, 6.07) is 0. The van der Waals surface area contributed by atoms with Crippen LogP contribution < -0.4 is 0 Å². The monoisotopic (exact) mass is 249 g/mol. The Hall–Kier alpha value is -0.0900. The molecular formula is C12H25O3S-. The van der Waals surface area contributed by atoms with Crippen molar-refractivity contribution in [3.63, 3.8) is 0 Å². The second kappa shape index (κ2) is 8.99. The van der Waals surface area contributed by atoms with Crippen LogP contribution in [0.1, 0.15) is 71.6 Å². The van der Waals surface area contributed by atoms with Gasteiger partial charge in [0.15, 0.2) is 0 Å². The van der Waals surface area contributed by atoms with E-state index in [1.165, 1.54) is 39.0 Å². The molecule has 0 rings (SSSR count). The molecule has 0 fully saturated rings. The Morgan fingerprint density at radius 3 is 1.81 bits per heavy atom. The fourth-order valence-electron chi connectivity index (χ4n) is 1.71. The average molecular weight is 249 g/mol. The zero-order valence-electron chi connectivity index (χ0n) is 10.6. The first-order chi connectivity index (χ1) is 7.48. The lowest BCUT2D eigenvalue weighted by atomic mass is 10.1. The molecule has 0 saturated carbocycles. The largest absolute Gasteiger partial charge is 0.748 e. The zero-order chi connectivity index (χ0) is 12.4. The molecule has 1 unspecified atom stereocenters. The number of hydrogen-bond donors (Lipinski definition) is 0. The standard InChI is InChI=1S/C12H26O3S/c1-3-4-5-6-7-8-9-10-11-12(2)16(13,14)15/h12H,3-11H2,1-2H3,(H,13,14,15)/p-1. The summed E-state index contributed by atoms with van der Waals surface area (Å²) in [5, 5.41) is -0.715. The highest BCUT2D eigenvalue weighted by Gasteiger charge is 2.08. The quantitative estimate of drug-likeness (QED) is 0.440. The van der Waals surface area contributed by atoms with Crippen molar-refractivity contribution in [2.24, 2.45) is 0 Å². The van der Waals surface area contributed by atoms with Gasteiger partial charge in [-0.15, -0.1) is 0 Å². The first kappa shape index (κ1) is 15.9. The molecule has 16 heavy (non-hydrogen) atoms. The van der Waals surface area contributed by atoms with Crippen molar-refractivity contribution in [3.8, 4) is 0 Å². The van der Waals surface area contributed by atoms with E-state index in [4.69, 9.17) is 0 Å². The first-order valence-electron chi connectivity index (χ1n) is 6.43. The maximum absolute atomic E-state index is 10.6. The minimum absolute atomic E-state index is 0.515. The van der Waals surface area contributed by atoms with E-state index >= 15 is 0 Å². The fraction of sp³-hybridized carbons (Fsp3) is 1.00. The van der Waals surface area contributed by atoms with Gasteiger partial charge >= 0.3 is 0 Å². The molecule has 3 nitrogen and oxygen atoms in total. The molecule has 0 aliphatic heterocycles. The van der Waals surface area contributed by atoms with Crippen molar-refractivity contribution < 1.29 is 13.0 Å². The van der Waals surface area contributed by atoms with Crippen LogP contribution in [0.2, 0.25) is 0 Å². The lowest BCUT2D eigenvalue weighted by molar-refractivity contribution is 0.443. The molecule has 0 radical (unpaired) electrons. The van der Waals surface area contributed by atoms with Gasteiger partial charge in [-0.05, 0) is 13.3 Å². The fourth-order valence-corrected chi connectivity index (χ4v) is 2.17. The van der Waals surface area contributed by atoms with Crippen LogP contribution >= 0.6 is 0 Å². The van der Waals surface area contributed by atoms with E-state index in [2.05, 4.69) is 6.92 Å². The maximum atomic E-state index is 10.6. The Balaban J connectivity index is 3.28. The number of hydrogen-bond acceptors (Lipinski definition) is 3.